The fourth-order valence-corrected chi connectivity index (χ4v) is 5.53. The van der Waals surface area contributed by atoms with Crippen LogP contribution in [0.3, 0.4) is 0 Å². The summed E-state index contributed by atoms with van der Waals surface area (Å²) in [7, 11) is -3.23. The molecule has 12 heteroatoms. The first-order valence-corrected chi connectivity index (χ1v) is 13.6. The summed E-state index contributed by atoms with van der Waals surface area (Å²) in [5, 5.41) is 1.78. The van der Waals surface area contributed by atoms with Crippen molar-refractivity contribution in [2.24, 2.45) is 0 Å². The van der Waals surface area contributed by atoms with Crippen molar-refractivity contribution in [1.29, 1.82) is 0 Å². The highest BCUT2D eigenvalue weighted by atomic mass is 32.2. The predicted molar refractivity (Wildman–Crippen MR) is 138 cm³/mol. The highest BCUT2D eigenvalue weighted by Gasteiger charge is 2.33. The van der Waals surface area contributed by atoms with Crippen molar-refractivity contribution in [3.05, 3.63) is 89.4 Å². The maximum absolute atomic E-state index is 14.4. The maximum Gasteiger partial charge on any atom is 0.573 e. The van der Waals surface area contributed by atoms with Gasteiger partial charge in [-0.2, -0.15) is 0 Å². The van der Waals surface area contributed by atoms with Crippen LogP contribution in [0, 0.1) is 5.82 Å². The minimum atomic E-state index is -4.93. The standard InChI is InChI=1S/C28H22F4N2O5S/c1-38-27(35)22-11-10-20(13-24(22)29)40(36,37)34-15-18-8-9-19(39-28(30,31)32)12-23(18)26-25(16-6-7-16)21-5-3-2-4-17(21)14-33-26/h2-5,8-14,16,34H,6-7,15H2,1H3. The van der Waals surface area contributed by atoms with Crippen LogP contribution in [0.5, 0.6) is 5.75 Å². The Balaban J connectivity index is 1.54. The van der Waals surface area contributed by atoms with Crippen LogP contribution in [-0.2, 0) is 21.3 Å². The lowest BCUT2D eigenvalue weighted by Crippen LogP contribution is -2.24. The molecule has 0 atom stereocenters. The summed E-state index contributed by atoms with van der Waals surface area (Å²) < 4.78 is 90.5. The summed E-state index contributed by atoms with van der Waals surface area (Å²) in [6.07, 6.45) is -1.54. The molecule has 1 fully saturated rings. The van der Waals surface area contributed by atoms with E-state index >= 15 is 0 Å². The number of ether oxygens (including phenoxy) is 2. The molecule has 0 aliphatic heterocycles. The van der Waals surface area contributed by atoms with Gasteiger partial charge in [0.15, 0.2) is 0 Å². The number of halogens is 4. The molecule has 1 aliphatic carbocycles. The zero-order valence-corrected chi connectivity index (χ0v) is 21.8. The molecule has 1 heterocycles. The molecule has 1 aliphatic rings. The number of esters is 1. The minimum absolute atomic E-state index is 0.154. The Hall–Kier alpha value is -4.03. The Bertz CT molecular complexity index is 1720. The number of carbonyl (C=O) groups is 1. The Labute approximate surface area is 226 Å². The largest absolute Gasteiger partial charge is 0.573 e. The van der Waals surface area contributed by atoms with E-state index in [0.717, 1.165) is 54.5 Å². The average molecular weight is 575 g/mol. The lowest BCUT2D eigenvalue weighted by atomic mass is 9.94. The molecule has 0 unspecified atom stereocenters. The number of hydrogen-bond donors (Lipinski definition) is 1. The quantitative estimate of drug-likeness (QED) is 0.202. The monoisotopic (exact) mass is 574 g/mol. The maximum atomic E-state index is 14.4. The molecular formula is C28H22F4N2O5S. The Kier molecular flexibility index (Phi) is 7.23. The second-order valence-corrected chi connectivity index (χ2v) is 11.0. The van der Waals surface area contributed by atoms with E-state index in [1.165, 1.54) is 12.1 Å². The Morgan fingerprint density at radius 2 is 1.82 bits per heavy atom. The zero-order valence-electron chi connectivity index (χ0n) is 21.0. The van der Waals surface area contributed by atoms with Crippen molar-refractivity contribution in [3.8, 4) is 17.0 Å². The van der Waals surface area contributed by atoms with Gasteiger partial charge in [0.2, 0.25) is 10.0 Å². The molecule has 5 rings (SSSR count). The number of methoxy groups -OCH3 is 1. The topological polar surface area (TPSA) is 94.6 Å². The first kappa shape index (κ1) is 27.5. The molecular weight excluding hydrogens is 552 g/mol. The summed E-state index contributed by atoms with van der Waals surface area (Å²) in [5.41, 5.74) is 1.46. The highest BCUT2D eigenvalue weighted by Crippen LogP contribution is 2.47. The number of fused-ring (bicyclic) bond motifs is 1. The first-order chi connectivity index (χ1) is 19.0. The molecule has 4 aromatic rings. The fraction of sp³-hybridized carbons (Fsp3) is 0.214. The van der Waals surface area contributed by atoms with Gasteiger partial charge in [0.25, 0.3) is 0 Å². The van der Waals surface area contributed by atoms with Crippen molar-refractivity contribution in [2.45, 2.75) is 36.6 Å². The average Bonchev–Trinajstić information content (AvgIpc) is 3.75. The minimum Gasteiger partial charge on any atom is -0.465 e. The first-order valence-electron chi connectivity index (χ1n) is 12.1. The third kappa shape index (κ3) is 5.77. The number of hydrogen-bond acceptors (Lipinski definition) is 6. The lowest BCUT2D eigenvalue weighted by molar-refractivity contribution is -0.274. The van der Waals surface area contributed by atoms with E-state index in [-0.39, 0.29) is 18.0 Å². The van der Waals surface area contributed by atoms with Gasteiger partial charge in [-0.05, 0) is 65.6 Å². The normalized spacial score (nSPS) is 13.8. The predicted octanol–water partition coefficient (Wildman–Crippen LogP) is 6.08. The molecule has 1 N–H and O–H groups in total. The lowest BCUT2D eigenvalue weighted by Gasteiger charge is -2.18. The SMILES string of the molecule is COC(=O)c1ccc(S(=O)(=O)NCc2ccc(OC(F)(F)F)cc2-c2ncc3ccccc3c2C2CC2)cc1F. The second-order valence-electron chi connectivity index (χ2n) is 9.21. The number of nitrogens with one attached hydrogen (secondary N) is 1. The van der Waals surface area contributed by atoms with Gasteiger partial charge in [0, 0.05) is 23.7 Å². The van der Waals surface area contributed by atoms with Gasteiger partial charge in [-0.25, -0.2) is 22.3 Å². The fourth-order valence-electron chi connectivity index (χ4n) is 4.51. The summed E-state index contributed by atoms with van der Waals surface area (Å²) in [4.78, 5) is 15.8. The van der Waals surface area contributed by atoms with Crippen molar-refractivity contribution in [2.75, 3.05) is 7.11 Å². The van der Waals surface area contributed by atoms with Crippen LogP contribution < -0.4 is 9.46 Å². The number of benzene rings is 3. The molecule has 40 heavy (non-hydrogen) atoms. The van der Waals surface area contributed by atoms with E-state index in [9.17, 15) is 30.8 Å². The zero-order chi connectivity index (χ0) is 28.7. The van der Waals surface area contributed by atoms with Crippen molar-refractivity contribution in [1.82, 2.24) is 9.71 Å². The molecule has 0 radical (unpaired) electrons. The van der Waals surface area contributed by atoms with E-state index < -0.39 is 44.4 Å². The van der Waals surface area contributed by atoms with Crippen LogP contribution in [0.1, 0.15) is 40.2 Å². The summed E-state index contributed by atoms with van der Waals surface area (Å²) >= 11 is 0. The van der Waals surface area contributed by atoms with Gasteiger partial charge in [-0.1, -0.05) is 30.3 Å². The molecule has 0 spiro atoms. The van der Waals surface area contributed by atoms with E-state index in [2.05, 4.69) is 19.2 Å². The van der Waals surface area contributed by atoms with Crippen LogP contribution >= 0.6 is 0 Å². The number of carbonyl (C=O) groups excluding carboxylic acids is 1. The van der Waals surface area contributed by atoms with E-state index in [0.29, 0.717) is 17.3 Å². The molecule has 7 nitrogen and oxygen atoms in total. The van der Waals surface area contributed by atoms with Crippen LogP contribution in [0.2, 0.25) is 0 Å². The van der Waals surface area contributed by atoms with E-state index in [1.54, 1.807) is 6.20 Å². The molecule has 0 bridgehead atoms. The van der Waals surface area contributed by atoms with Crippen molar-refractivity contribution < 1.29 is 40.2 Å². The van der Waals surface area contributed by atoms with E-state index in [1.807, 2.05) is 24.3 Å². The number of alkyl halides is 3. The highest BCUT2D eigenvalue weighted by molar-refractivity contribution is 7.89. The van der Waals surface area contributed by atoms with Crippen LogP contribution in [0.15, 0.2) is 71.8 Å². The number of pyridine rings is 1. The molecule has 1 aromatic heterocycles. The molecule has 0 amide bonds. The number of aromatic nitrogens is 1. The van der Waals surface area contributed by atoms with Crippen molar-refractivity contribution in [3.63, 3.8) is 0 Å². The summed E-state index contributed by atoms with van der Waals surface area (Å²) in [6, 6.07) is 13.9. The number of sulfonamides is 1. The Morgan fingerprint density at radius 1 is 1.07 bits per heavy atom. The second kappa shape index (κ2) is 10.5. The van der Waals surface area contributed by atoms with Crippen LogP contribution in [-0.4, -0.2) is 32.8 Å². The van der Waals surface area contributed by atoms with Crippen LogP contribution in [0.4, 0.5) is 17.6 Å². The van der Waals surface area contributed by atoms with Gasteiger partial charge in [-0.3, -0.25) is 4.98 Å². The Morgan fingerprint density at radius 3 is 2.50 bits per heavy atom. The third-order valence-corrected chi connectivity index (χ3v) is 7.90. The van der Waals surface area contributed by atoms with Gasteiger partial charge in [0.05, 0.1) is 23.3 Å². The smallest absolute Gasteiger partial charge is 0.465 e. The number of rotatable bonds is 8. The van der Waals surface area contributed by atoms with Gasteiger partial charge in [0.1, 0.15) is 11.6 Å². The summed E-state index contributed by atoms with van der Waals surface area (Å²) in [5.74, 6) is -2.37. The van der Waals surface area contributed by atoms with Gasteiger partial charge >= 0.3 is 12.3 Å². The molecule has 208 valence electrons. The number of nitrogens with zero attached hydrogens (tertiary/aromatic N) is 1. The molecule has 1 saturated carbocycles. The molecule has 3 aromatic carbocycles. The third-order valence-electron chi connectivity index (χ3n) is 6.50. The van der Waals surface area contributed by atoms with E-state index in [4.69, 9.17) is 0 Å². The molecule has 0 saturated heterocycles. The van der Waals surface area contributed by atoms with Gasteiger partial charge < -0.3 is 9.47 Å². The summed E-state index contributed by atoms with van der Waals surface area (Å²) in [6.45, 7) is -0.344. The van der Waals surface area contributed by atoms with Crippen LogP contribution in [0.25, 0.3) is 22.0 Å². The van der Waals surface area contributed by atoms with Crippen molar-refractivity contribution >= 4 is 26.8 Å². The van der Waals surface area contributed by atoms with Gasteiger partial charge in [-0.15, -0.1) is 13.2 Å².